The second-order valence-corrected chi connectivity index (χ2v) is 5.58. The second kappa shape index (κ2) is 6.90. The van der Waals surface area contributed by atoms with Crippen LogP contribution >= 0.6 is 0 Å². The Labute approximate surface area is 119 Å². The van der Waals surface area contributed by atoms with Crippen LogP contribution < -0.4 is 0 Å². The van der Waals surface area contributed by atoms with Gasteiger partial charge in [0, 0.05) is 32.1 Å². The third kappa shape index (κ3) is 3.83. The molecule has 20 heavy (non-hydrogen) atoms. The van der Waals surface area contributed by atoms with Crippen LogP contribution in [0.15, 0.2) is 0 Å². The molecule has 0 aromatic carbocycles. The van der Waals surface area contributed by atoms with Gasteiger partial charge in [0.25, 0.3) is 0 Å². The molecule has 1 aliphatic heterocycles. The van der Waals surface area contributed by atoms with E-state index in [1.54, 1.807) is 4.90 Å². The zero-order chi connectivity index (χ0) is 15.4. The van der Waals surface area contributed by atoms with Gasteiger partial charge < -0.3 is 24.9 Å². The Kier molecular flexibility index (Phi) is 5.76. The molecule has 1 heterocycles. The average Bonchev–Trinajstić information content (AvgIpc) is 2.71. The number of nitrogens with zero attached hydrogens (tertiary/aromatic N) is 3. The number of carboxylic acid groups (broad SMARTS) is 1. The average molecular weight is 287 g/mol. The van der Waals surface area contributed by atoms with Gasteiger partial charge in [-0.15, -0.1) is 0 Å². The summed E-state index contributed by atoms with van der Waals surface area (Å²) in [5, 5.41) is 18.8. The molecule has 0 saturated carbocycles. The smallest absolute Gasteiger partial charge is 0.326 e. The number of likely N-dealkylation sites (N-methyl/N-ethyl adjacent to an activating group) is 2. The van der Waals surface area contributed by atoms with Crippen LogP contribution in [0.2, 0.25) is 0 Å². The highest BCUT2D eigenvalue weighted by Crippen LogP contribution is 2.21. The fraction of sp³-hybridized carbons (Fsp3) is 0.846. The van der Waals surface area contributed by atoms with E-state index >= 15 is 0 Å². The minimum atomic E-state index is -1.06. The number of β-amino-alcohol motifs (C(OH)–C–C–N with tert-alkyl or cyclic N) is 1. The van der Waals surface area contributed by atoms with Crippen LogP contribution in [0, 0.1) is 0 Å². The molecular formula is C13H25N3O4. The van der Waals surface area contributed by atoms with E-state index in [2.05, 4.69) is 0 Å². The first-order chi connectivity index (χ1) is 9.27. The molecule has 0 aromatic heterocycles. The zero-order valence-corrected chi connectivity index (χ0v) is 12.6. The molecule has 0 aromatic rings. The summed E-state index contributed by atoms with van der Waals surface area (Å²) in [5.74, 6) is -1.06. The Morgan fingerprint density at radius 2 is 2.00 bits per heavy atom. The Hall–Kier alpha value is -1.34. The first kappa shape index (κ1) is 16.7. The molecule has 7 nitrogen and oxygen atoms in total. The molecule has 1 fully saturated rings. The van der Waals surface area contributed by atoms with Gasteiger partial charge in [-0.2, -0.15) is 0 Å². The highest BCUT2D eigenvalue weighted by Gasteiger charge is 2.41. The molecule has 3 atom stereocenters. The van der Waals surface area contributed by atoms with Crippen molar-refractivity contribution in [2.24, 2.45) is 0 Å². The van der Waals surface area contributed by atoms with Gasteiger partial charge in [0.05, 0.1) is 6.10 Å². The van der Waals surface area contributed by atoms with E-state index < -0.39 is 18.1 Å². The molecule has 0 spiro atoms. The van der Waals surface area contributed by atoms with Crippen LogP contribution in [0.4, 0.5) is 4.79 Å². The van der Waals surface area contributed by atoms with Crippen molar-refractivity contribution >= 4 is 12.0 Å². The van der Waals surface area contributed by atoms with E-state index in [0.717, 1.165) is 0 Å². The standard InChI is InChI=1S/C13H25N3O4/c1-5-15(9(2)7-14(3)4)13(20)16-8-10(17)6-11(16)12(18)19/h9-11,17H,5-8H2,1-4H3,(H,18,19)/t9?,10-,11+/m1/s1. The van der Waals surface area contributed by atoms with E-state index in [-0.39, 0.29) is 25.0 Å². The number of aliphatic hydroxyl groups excluding tert-OH is 1. The maximum atomic E-state index is 12.5. The van der Waals surface area contributed by atoms with Gasteiger partial charge in [-0.1, -0.05) is 0 Å². The number of hydrogen-bond donors (Lipinski definition) is 2. The predicted molar refractivity (Wildman–Crippen MR) is 74.5 cm³/mol. The normalized spacial score (nSPS) is 24.0. The Morgan fingerprint density at radius 3 is 2.45 bits per heavy atom. The molecule has 2 N–H and O–H groups in total. The van der Waals surface area contributed by atoms with Crippen LogP contribution in [-0.4, -0.2) is 88.8 Å². The molecular weight excluding hydrogens is 262 g/mol. The van der Waals surface area contributed by atoms with Crippen molar-refractivity contribution in [2.45, 2.75) is 38.5 Å². The summed E-state index contributed by atoms with van der Waals surface area (Å²) in [5.41, 5.74) is 0. The Bertz CT molecular complexity index is 362. The number of carbonyl (C=O) groups is 2. The summed E-state index contributed by atoms with van der Waals surface area (Å²) in [6, 6.07) is -1.27. The fourth-order valence-corrected chi connectivity index (χ4v) is 2.69. The van der Waals surface area contributed by atoms with Gasteiger partial charge in [-0.3, -0.25) is 0 Å². The Balaban J connectivity index is 2.82. The number of carboxylic acids is 1. The van der Waals surface area contributed by atoms with Crippen molar-refractivity contribution in [3.8, 4) is 0 Å². The summed E-state index contributed by atoms with van der Waals surface area (Å²) in [6.07, 6.45) is -0.663. The van der Waals surface area contributed by atoms with E-state index in [1.807, 2.05) is 32.8 Å². The van der Waals surface area contributed by atoms with Crippen LogP contribution in [0.1, 0.15) is 20.3 Å². The lowest BCUT2D eigenvalue weighted by molar-refractivity contribution is -0.141. The van der Waals surface area contributed by atoms with Crippen molar-refractivity contribution in [1.82, 2.24) is 14.7 Å². The summed E-state index contributed by atoms with van der Waals surface area (Å²) < 4.78 is 0. The highest BCUT2D eigenvalue weighted by atomic mass is 16.4. The fourth-order valence-electron chi connectivity index (χ4n) is 2.69. The van der Waals surface area contributed by atoms with Crippen molar-refractivity contribution < 1.29 is 19.8 Å². The number of amides is 2. The lowest BCUT2D eigenvalue weighted by atomic mass is 10.2. The number of hydrogen-bond acceptors (Lipinski definition) is 4. The monoisotopic (exact) mass is 287 g/mol. The van der Waals surface area contributed by atoms with Crippen molar-refractivity contribution in [3.05, 3.63) is 0 Å². The third-order valence-electron chi connectivity index (χ3n) is 3.56. The van der Waals surface area contributed by atoms with E-state index in [4.69, 9.17) is 5.11 Å². The molecule has 1 saturated heterocycles. The molecule has 0 aliphatic carbocycles. The molecule has 1 aliphatic rings. The molecule has 0 bridgehead atoms. The molecule has 0 radical (unpaired) electrons. The number of carbonyl (C=O) groups excluding carboxylic acids is 1. The van der Waals surface area contributed by atoms with Crippen LogP contribution in [0.25, 0.3) is 0 Å². The zero-order valence-electron chi connectivity index (χ0n) is 12.6. The predicted octanol–water partition coefficient (Wildman–Crippen LogP) is -0.102. The Morgan fingerprint density at radius 1 is 1.40 bits per heavy atom. The number of urea groups is 1. The molecule has 1 unspecified atom stereocenters. The largest absolute Gasteiger partial charge is 0.480 e. The molecule has 7 heteroatoms. The van der Waals surface area contributed by atoms with Crippen LogP contribution in [0.5, 0.6) is 0 Å². The van der Waals surface area contributed by atoms with Crippen LogP contribution in [0.3, 0.4) is 0 Å². The van der Waals surface area contributed by atoms with Gasteiger partial charge in [0.1, 0.15) is 6.04 Å². The first-order valence-electron chi connectivity index (χ1n) is 6.90. The van der Waals surface area contributed by atoms with Crippen molar-refractivity contribution in [2.75, 3.05) is 33.7 Å². The lowest BCUT2D eigenvalue weighted by Gasteiger charge is -2.34. The number of aliphatic hydroxyl groups is 1. The molecule has 2 amide bonds. The molecule has 1 rings (SSSR count). The van der Waals surface area contributed by atoms with Gasteiger partial charge >= 0.3 is 12.0 Å². The van der Waals surface area contributed by atoms with E-state index in [0.29, 0.717) is 13.1 Å². The topological polar surface area (TPSA) is 84.3 Å². The second-order valence-electron chi connectivity index (χ2n) is 5.58. The number of aliphatic carboxylic acids is 1. The lowest BCUT2D eigenvalue weighted by Crippen LogP contribution is -2.52. The van der Waals surface area contributed by atoms with Gasteiger partial charge in [0.15, 0.2) is 0 Å². The molecule has 116 valence electrons. The maximum Gasteiger partial charge on any atom is 0.326 e. The summed E-state index contributed by atoms with van der Waals surface area (Å²) >= 11 is 0. The summed E-state index contributed by atoms with van der Waals surface area (Å²) in [4.78, 5) is 28.6. The highest BCUT2D eigenvalue weighted by molar-refractivity contribution is 5.83. The number of likely N-dealkylation sites (tertiary alicyclic amines) is 1. The van der Waals surface area contributed by atoms with Gasteiger partial charge in [-0.05, 0) is 27.9 Å². The van der Waals surface area contributed by atoms with Crippen molar-refractivity contribution in [3.63, 3.8) is 0 Å². The first-order valence-corrected chi connectivity index (χ1v) is 6.90. The number of rotatable bonds is 5. The SMILES string of the molecule is CCN(C(=O)N1C[C@H](O)C[C@H]1C(=O)O)C(C)CN(C)C. The minimum absolute atomic E-state index is 0.0188. The maximum absolute atomic E-state index is 12.5. The quantitative estimate of drug-likeness (QED) is 0.737. The van der Waals surface area contributed by atoms with Crippen LogP contribution in [-0.2, 0) is 4.79 Å². The van der Waals surface area contributed by atoms with Crippen molar-refractivity contribution in [1.29, 1.82) is 0 Å². The van der Waals surface area contributed by atoms with E-state index in [1.165, 1.54) is 4.90 Å². The third-order valence-corrected chi connectivity index (χ3v) is 3.56. The van der Waals surface area contributed by atoms with E-state index in [9.17, 15) is 14.7 Å². The van der Waals surface area contributed by atoms with Gasteiger partial charge in [-0.25, -0.2) is 9.59 Å². The summed E-state index contributed by atoms with van der Waals surface area (Å²) in [6.45, 7) is 5.09. The minimum Gasteiger partial charge on any atom is -0.480 e. The van der Waals surface area contributed by atoms with Gasteiger partial charge in [0.2, 0.25) is 0 Å². The summed E-state index contributed by atoms with van der Waals surface area (Å²) in [7, 11) is 3.85.